The molecule has 0 aliphatic rings. The van der Waals surface area contributed by atoms with Gasteiger partial charge in [0.15, 0.2) is 6.29 Å². The molecule has 0 radical (unpaired) electrons. The van der Waals surface area contributed by atoms with E-state index in [1.807, 2.05) is 0 Å². The molecular weight excluding hydrogens is 280 g/mol. The Morgan fingerprint density at radius 3 is 2.81 bits per heavy atom. The molecule has 3 N–H and O–H groups in total. The quantitative estimate of drug-likeness (QED) is 0.474. The summed E-state index contributed by atoms with van der Waals surface area (Å²) >= 11 is 0. The van der Waals surface area contributed by atoms with E-state index in [4.69, 9.17) is 10.8 Å². The summed E-state index contributed by atoms with van der Waals surface area (Å²) in [5.41, 5.74) is 5.91. The predicted octanol–water partition coefficient (Wildman–Crippen LogP) is 0.938. The van der Waals surface area contributed by atoms with Gasteiger partial charge < -0.3 is 10.8 Å². The fraction of sp³-hybridized carbons (Fsp3) is 0.0833. The van der Waals surface area contributed by atoms with E-state index in [0.29, 0.717) is 11.8 Å². The molecule has 9 nitrogen and oxygen atoms in total. The Hall–Kier alpha value is -3.23. The zero-order chi connectivity index (χ0) is 15.6. The van der Waals surface area contributed by atoms with Gasteiger partial charge in [0.1, 0.15) is 18.1 Å². The predicted molar refractivity (Wildman–Crippen MR) is 71.8 cm³/mol. The summed E-state index contributed by atoms with van der Waals surface area (Å²) in [7, 11) is 0. The topological polar surface area (TPSA) is 141 Å². The van der Waals surface area contributed by atoms with Gasteiger partial charge in [-0.3, -0.25) is 19.7 Å². The van der Waals surface area contributed by atoms with Crippen LogP contribution in [0, 0.1) is 10.1 Å². The molecule has 9 heteroatoms. The number of aldehydes is 1. The number of anilines is 1. The van der Waals surface area contributed by atoms with E-state index >= 15 is 0 Å². The molecule has 0 aliphatic carbocycles. The zero-order valence-corrected chi connectivity index (χ0v) is 10.6. The monoisotopic (exact) mass is 290 g/mol. The number of carbonyl (C=O) groups excluding carboxylic acids is 1. The first kappa shape index (κ1) is 14.2. The van der Waals surface area contributed by atoms with Crippen molar-refractivity contribution in [1.29, 1.82) is 0 Å². The van der Waals surface area contributed by atoms with Crippen molar-refractivity contribution >= 4 is 23.8 Å². The average molecular weight is 290 g/mol. The van der Waals surface area contributed by atoms with E-state index in [9.17, 15) is 19.7 Å². The lowest BCUT2D eigenvalue weighted by molar-refractivity contribution is -0.384. The summed E-state index contributed by atoms with van der Waals surface area (Å²) < 4.78 is 0.959. The summed E-state index contributed by atoms with van der Waals surface area (Å²) in [6, 6.07) is 5.49. The Balaban J connectivity index is 2.58. The van der Waals surface area contributed by atoms with Crippen molar-refractivity contribution in [2.75, 3.05) is 5.73 Å². The van der Waals surface area contributed by atoms with E-state index in [2.05, 4.69) is 5.10 Å². The number of hydrogen-bond acceptors (Lipinski definition) is 6. The van der Waals surface area contributed by atoms with Crippen LogP contribution in [0.2, 0.25) is 0 Å². The number of carboxylic acids is 1. The lowest BCUT2D eigenvalue weighted by Gasteiger charge is -1.98. The maximum atomic E-state index is 11.1. The molecule has 21 heavy (non-hydrogen) atoms. The summed E-state index contributed by atoms with van der Waals surface area (Å²) in [5, 5.41) is 23.5. The molecule has 0 amide bonds. The lowest BCUT2D eigenvalue weighted by atomic mass is 10.1. The van der Waals surface area contributed by atoms with E-state index in [1.165, 1.54) is 24.3 Å². The number of hydrogen-bond donors (Lipinski definition) is 2. The lowest BCUT2D eigenvalue weighted by Crippen LogP contribution is -2.12. The van der Waals surface area contributed by atoms with Crippen molar-refractivity contribution < 1.29 is 19.6 Å². The maximum absolute atomic E-state index is 11.1. The average Bonchev–Trinajstić information content (AvgIpc) is 2.75. The number of carboxylic acid groups (broad SMARTS) is 1. The Morgan fingerprint density at radius 2 is 2.24 bits per heavy atom. The second-order valence-electron chi connectivity index (χ2n) is 4.12. The molecule has 0 unspecified atom stereocenters. The van der Waals surface area contributed by atoms with Gasteiger partial charge in [-0.05, 0) is 0 Å². The number of aliphatic carboxylic acids is 1. The van der Waals surface area contributed by atoms with E-state index in [0.717, 1.165) is 4.68 Å². The number of benzene rings is 1. The molecule has 108 valence electrons. The van der Waals surface area contributed by atoms with Crippen LogP contribution in [0.25, 0.3) is 11.3 Å². The second kappa shape index (κ2) is 5.41. The van der Waals surface area contributed by atoms with Crippen LogP contribution in [0.15, 0.2) is 24.3 Å². The van der Waals surface area contributed by atoms with Crippen molar-refractivity contribution in [3.05, 3.63) is 39.9 Å². The van der Waals surface area contributed by atoms with Gasteiger partial charge in [0.25, 0.3) is 5.69 Å². The number of nitro benzene ring substituents is 1. The third-order valence-corrected chi connectivity index (χ3v) is 2.76. The number of aromatic nitrogens is 2. The van der Waals surface area contributed by atoms with E-state index in [-0.39, 0.29) is 22.8 Å². The van der Waals surface area contributed by atoms with Crippen LogP contribution < -0.4 is 5.73 Å². The van der Waals surface area contributed by atoms with Crippen LogP contribution in [-0.4, -0.2) is 32.1 Å². The summed E-state index contributed by atoms with van der Waals surface area (Å²) in [6.07, 6.45) is 0.439. The Morgan fingerprint density at radius 1 is 1.52 bits per heavy atom. The van der Waals surface area contributed by atoms with Crippen LogP contribution in [0.5, 0.6) is 0 Å². The minimum absolute atomic E-state index is 0.00301. The van der Waals surface area contributed by atoms with Crippen molar-refractivity contribution in [2.45, 2.75) is 6.54 Å². The maximum Gasteiger partial charge on any atom is 0.325 e. The molecule has 0 spiro atoms. The number of nitrogen functional groups attached to an aromatic ring is 1. The summed E-state index contributed by atoms with van der Waals surface area (Å²) in [5.74, 6) is -1.28. The number of nitro groups is 1. The summed E-state index contributed by atoms with van der Waals surface area (Å²) in [4.78, 5) is 32.0. The first-order chi connectivity index (χ1) is 9.93. The molecule has 0 saturated carbocycles. The minimum atomic E-state index is -1.17. The number of rotatable bonds is 5. The van der Waals surface area contributed by atoms with Gasteiger partial charge in [-0.1, -0.05) is 12.1 Å². The minimum Gasteiger partial charge on any atom is -0.480 e. The molecule has 2 rings (SSSR count). The highest BCUT2D eigenvalue weighted by molar-refractivity contribution is 5.92. The van der Waals surface area contributed by atoms with E-state index < -0.39 is 17.4 Å². The Labute approximate surface area is 117 Å². The van der Waals surface area contributed by atoms with Crippen molar-refractivity contribution in [1.82, 2.24) is 9.78 Å². The van der Waals surface area contributed by atoms with Crippen molar-refractivity contribution in [3.8, 4) is 11.3 Å². The number of carbonyl (C=O) groups is 2. The van der Waals surface area contributed by atoms with Crippen LogP contribution in [-0.2, 0) is 11.3 Å². The summed E-state index contributed by atoms with van der Waals surface area (Å²) in [6.45, 7) is -0.512. The highest BCUT2D eigenvalue weighted by Crippen LogP contribution is 2.28. The van der Waals surface area contributed by atoms with Crippen molar-refractivity contribution in [3.63, 3.8) is 0 Å². The largest absolute Gasteiger partial charge is 0.480 e. The van der Waals surface area contributed by atoms with Crippen LogP contribution in [0.3, 0.4) is 0 Å². The molecule has 1 aromatic carbocycles. The molecule has 0 fully saturated rings. The highest BCUT2D eigenvalue weighted by atomic mass is 16.6. The molecule has 1 aromatic heterocycles. The first-order valence-electron chi connectivity index (χ1n) is 5.72. The highest BCUT2D eigenvalue weighted by Gasteiger charge is 2.19. The molecular formula is C12H10N4O5. The fourth-order valence-corrected chi connectivity index (χ4v) is 1.83. The normalized spacial score (nSPS) is 10.3. The van der Waals surface area contributed by atoms with Crippen LogP contribution in [0.4, 0.5) is 11.5 Å². The van der Waals surface area contributed by atoms with Gasteiger partial charge in [0.2, 0.25) is 0 Å². The number of nitrogens with zero attached hydrogens (tertiary/aromatic N) is 3. The molecule has 2 aromatic rings. The number of nitrogens with two attached hydrogens (primary N) is 1. The number of non-ortho nitro benzene ring substituents is 1. The zero-order valence-electron chi connectivity index (χ0n) is 10.6. The van der Waals surface area contributed by atoms with Crippen molar-refractivity contribution in [2.24, 2.45) is 0 Å². The van der Waals surface area contributed by atoms with Crippen LogP contribution >= 0.6 is 0 Å². The smallest absolute Gasteiger partial charge is 0.325 e. The van der Waals surface area contributed by atoms with Gasteiger partial charge in [0, 0.05) is 17.7 Å². The molecule has 0 atom stereocenters. The Kier molecular flexibility index (Phi) is 3.65. The third-order valence-electron chi connectivity index (χ3n) is 2.76. The molecule has 0 bridgehead atoms. The van der Waals surface area contributed by atoms with Gasteiger partial charge >= 0.3 is 5.97 Å². The second-order valence-corrected chi connectivity index (χ2v) is 4.12. The Bertz CT molecular complexity index is 737. The first-order valence-corrected chi connectivity index (χ1v) is 5.72. The van der Waals surface area contributed by atoms with Gasteiger partial charge in [-0.15, -0.1) is 0 Å². The third kappa shape index (κ3) is 2.71. The van der Waals surface area contributed by atoms with Gasteiger partial charge in [-0.25, -0.2) is 4.68 Å². The molecule has 1 heterocycles. The molecule has 0 saturated heterocycles. The van der Waals surface area contributed by atoms with Crippen LogP contribution in [0.1, 0.15) is 10.4 Å². The fourth-order valence-electron chi connectivity index (χ4n) is 1.83. The van der Waals surface area contributed by atoms with Gasteiger partial charge in [-0.2, -0.15) is 5.10 Å². The van der Waals surface area contributed by atoms with Gasteiger partial charge in [0.05, 0.1) is 10.5 Å². The standard InChI is InChI=1S/C12H10N4O5/c13-12-9(6-17)11(14-15(12)5-10(18)19)7-2-1-3-8(4-7)16(20)21/h1-4,6H,5,13H2,(H,18,19). The van der Waals surface area contributed by atoms with E-state index in [1.54, 1.807) is 0 Å². The SMILES string of the molecule is Nc1c(C=O)c(-c2cccc([N+](=O)[O-])c2)nn1CC(=O)O. The molecule has 0 aliphatic heterocycles.